The fourth-order valence-electron chi connectivity index (χ4n) is 2.86. The highest BCUT2D eigenvalue weighted by Gasteiger charge is 2.24. The van der Waals surface area contributed by atoms with Gasteiger partial charge in [0.1, 0.15) is 5.82 Å². The molecule has 0 saturated heterocycles. The number of nitrogen functional groups attached to an aromatic ring is 1. The molecule has 0 bridgehead atoms. The van der Waals surface area contributed by atoms with Crippen molar-refractivity contribution in [2.45, 2.75) is 53.0 Å². The number of anilines is 2. The van der Waals surface area contributed by atoms with Gasteiger partial charge in [0.15, 0.2) is 0 Å². The Morgan fingerprint density at radius 3 is 2.72 bits per heavy atom. The molecule has 1 heterocycles. The van der Waals surface area contributed by atoms with E-state index in [0.717, 1.165) is 35.6 Å². The molecule has 1 fully saturated rings. The second-order valence-corrected chi connectivity index (χ2v) is 5.94. The summed E-state index contributed by atoms with van der Waals surface area (Å²) in [6.45, 7) is 9.61. The second kappa shape index (κ2) is 5.21. The first-order valence-corrected chi connectivity index (χ1v) is 7.09. The van der Waals surface area contributed by atoms with Gasteiger partial charge in [-0.2, -0.15) is 5.10 Å². The van der Waals surface area contributed by atoms with Crippen LogP contribution in [0.1, 0.15) is 51.8 Å². The van der Waals surface area contributed by atoms with Gasteiger partial charge in [-0.1, -0.05) is 19.8 Å². The van der Waals surface area contributed by atoms with Gasteiger partial charge in [-0.3, -0.25) is 0 Å². The number of hydrogen-bond acceptors (Lipinski definition) is 3. The summed E-state index contributed by atoms with van der Waals surface area (Å²) in [5, 5.41) is 8.03. The van der Waals surface area contributed by atoms with Gasteiger partial charge in [-0.15, -0.1) is 0 Å². The van der Waals surface area contributed by atoms with Crippen molar-refractivity contribution in [3.63, 3.8) is 0 Å². The third-order valence-electron chi connectivity index (χ3n) is 4.19. The Labute approximate surface area is 110 Å². The van der Waals surface area contributed by atoms with Crippen LogP contribution in [-0.4, -0.2) is 16.3 Å². The number of aromatic nitrogens is 2. The Morgan fingerprint density at radius 2 is 2.17 bits per heavy atom. The van der Waals surface area contributed by atoms with E-state index in [1.807, 2.05) is 11.6 Å². The number of nitrogens with two attached hydrogens (primary N) is 1. The van der Waals surface area contributed by atoms with Crippen LogP contribution in [0.3, 0.4) is 0 Å². The fourth-order valence-corrected chi connectivity index (χ4v) is 2.86. The van der Waals surface area contributed by atoms with Gasteiger partial charge in [-0.05, 0) is 39.0 Å². The third kappa shape index (κ3) is 2.47. The molecule has 4 heteroatoms. The molecule has 0 spiro atoms. The van der Waals surface area contributed by atoms with Gasteiger partial charge < -0.3 is 11.1 Å². The maximum absolute atomic E-state index is 6.11. The van der Waals surface area contributed by atoms with Crippen LogP contribution in [0.15, 0.2) is 0 Å². The van der Waals surface area contributed by atoms with Crippen LogP contribution in [0.5, 0.6) is 0 Å². The van der Waals surface area contributed by atoms with Crippen molar-refractivity contribution in [3.05, 3.63) is 5.69 Å². The van der Waals surface area contributed by atoms with Gasteiger partial charge in [0.05, 0.1) is 11.4 Å². The van der Waals surface area contributed by atoms with Gasteiger partial charge in [0, 0.05) is 12.6 Å². The lowest BCUT2D eigenvalue weighted by molar-refractivity contribution is 0.436. The first-order valence-electron chi connectivity index (χ1n) is 7.09. The Bertz CT molecular complexity index is 408. The van der Waals surface area contributed by atoms with Crippen molar-refractivity contribution in [3.8, 4) is 0 Å². The zero-order valence-corrected chi connectivity index (χ0v) is 12.0. The van der Waals surface area contributed by atoms with Gasteiger partial charge in [0.25, 0.3) is 0 Å². The predicted molar refractivity (Wildman–Crippen MR) is 76.8 cm³/mol. The van der Waals surface area contributed by atoms with E-state index in [0.29, 0.717) is 6.04 Å². The molecule has 2 rings (SSSR count). The summed E-state index contributed by atoms with van der Waals surface area (Å²) in [5.74, 6) is 2.61. The topological polar surface area (TPSA) is 55.9 Å². The summed E-state index contributed by atoms with van der Waals surface area (Å²) in [4.78, 5) is 0. The van der Waals surface area contributed by atoms with Crippen LogP contribution in [0.25, 0.3) is 0 Å². The minimum absolute atomic E-state index is 0.338. The molecule has 0 aromatic carbocycles. The number of nitrogens with one attached hydrogen (secondary N) is 1. The molecule has 0 aliphatic heterocycles. The highest BCUT2D eigenvalue weighted by Crippen LogP contribution is 2.32. The predicted octanol–water partition coefficient (Wildman–Crippen LogP) is 3.20. The molecule has 2 unspecified atom stereocenters. The van der Waals surface area contributed by atoms with E-state index in [9.17, 15) is 0 Å². The first-order chi connectivity index (χ1) is 8.50. The minimum atomic E-state index is 0.338. The van der Waals surface area contributed by atoms with Crippen molar-refractivity contribution in [1.82, 2.24) is 9.78 Å². The zero-order chi connectivity index (χ0) is 13.3. The summed E-state index contributed by atoms with van der Waals surface area (Å²) in [6, 6.07) is 0.338. The van der Waals surface area contributed by atoms with Crippen molar-refractivity contribution < 1.29 is 0 Å². The van der Waals surface area contributed by atoms with Crippen LogP contribution in [0.4, 0.5) is 11.5 Å². The lowest BCUT2D eigenvalue weighted by atomic mass is 9.98. The minimum Gasteiger partial charge on any atom is -0.394 e. The smallest absolute Gasteiger partial charge is 0.148 e. The van der Waals surface area contributed by atoms with E-state index in [2.05, 4.69) is 31.2 Å². The largest absolute Gasteiger partial charge is 0.394 e. The van der Waals surface area contributed by atoms with Crippen LogP contribution in [0.2, 0.25) is 0 Å². The van der Waals surface area contributed by atoms with Crippen LogP contribution in [-0.2, 0) is 0 Å². The summed E-state index contributed by atoms with van der Waals surface area (Å²) in [5.41, 5.74) is 7.84. The van der Waals surface area contributed by atoms with Crippen LogP contribution in [0, 0.1) is 18.8 Å². The van der Waals surface area contributed by atoms with Crippen LogP contribution < -0.4 is 11.1 Å². The quantitative estimate of drug-likeness (QED) is 0.862. The van der Waals surface area contributed by atoms with Gasteiger partial charge >= 0.3 is 0 Å². The monoisotopic (exact) mass is 250 g/mol. The van der Waals surface area contributed by atoms with Crippen molar-refractivity contribution >= 4 is 11.5 Å². The van der Waals surface area contributed by atoms with E-state index in [-0.39, 0.29) is 0 Å². The average Bonchev–Trinajstić information content (AvgIpc) is 2.83. The SMILES string of the molecule is Cc1nn(C(C)C)c(NCC2CCCC2C)c1N. The summed E-state index contributed by atoms with van der Waals surface area (Å²) in [6.07, 6.45) is 4.07. The molecular weight excluding hydrogens is 224 g/mol. The lowest BCUT2D eigenvalue weighted by Gasteiger charge is -2.19. The maximum atomic E-state index is 6.11. The Hall–Kier alpha value is -1.19. The van der Waals surface area contributed by atoms with Crippen LogP contribution >= 0.6 is 0 Å². The molecule has 4 nitrogen and oxygen atoms in total. The van der Waals surface area contributed by atoms with Gasteiger partial charge in [-0.25, -0.2) is 4.68 Å². The summed E-state index contributed by atoms with van der Waals surface area (Å²) >= 11 is 0. The molecule has 1 aliphatic rings. The third-order valence-corrected chi connectivity index (χ3v) is 4.19. The molecule has 1 aromatic rings. The molecule has 2 atom stereocenters. The molecule has 0 radical (unpaired) electrons. The Morgan fingerprint density at radius 1 is 1.44 bits per heavy atom. The summed E-state index contributed by atoms with van der Waals surface area (Å²) < 4.78 is 2.00. The lowest BCUT2D eigenvalue weighted by Crippen LogP contribution is -2.19. The molecular formula is C14H26N4. The highest BCUT2D eigenvalue weighted by atomic mass is 15.4. The molecule has 1 aliphatic carbocycles. The average molecular weight is 250 g/mol. The van der Waals surface area contributed by atoms with Crippen molar-refractivity contribution in [1.29, 1.82) is 0 Å². The standard InChI is InChI=1S/C14H26N4/c1-9(2)18-14(13(15)11(4)17-18)16-8-12-7-5-6-10(12)3/h9-10,12,16H,5-8,15H2,1-4H3. The first kappa shape index (κ1) is 13.2. The molecule has 0 amide bonds. The Balaban J connectivity index is 2.08. The van der Waals surface area contributed by atoms with E-state index >= 15 is 0 Å². The Kier molecular flexibility index (Phi) is 3.83. The normalized spacial score (nSPS) is 23.8. The number of rotatable bonds is 4. The number of hydrogen-bond donors (Lipinski definition) is 2. The second-order valence-electron chi connectivity index (χ2n) is 5.94. The van der Waals surface area contributed by atoms with E-state index < -0.39 is 0 Å². The van der Waals surface area contributed by atoms with E-state index in [4.69, 9.17) is 5.73 Å². The zero-order valence-electron chi connectivity index (χ0n) is 12.0. The van der Waals surface area contributed by atoms with Crippen molar-refractivity contribution in [2.24, 2.45) is 11.8 Å². The molecule has 102 valence electrons. The molecule has 18 heavy (non-hydrogen) atoms. The summed E-state index contributed by atoms with van der Waals surface area (Å²) in [7, 11) is 0. The highest BCUT2D eigenvalue weighted by molar-refractivity contribution is 5.64. The fraction of sp³-hybridized carbons (Fsp3) is 0.786. The number of aryl methyl sites for hydroxylation is 1. The molecule has 3 N–H and O–H groups in total. The van der Waals surface area contributed by atoms with E-state index in [1.165, 1.54) is 19.3 Å². The van der Waals surface area contributed by atoms with Crippen molar-refractivity contribution in [2.75, 3.05) is 17.6 Å². The van der Waals surface area contributed by atoms with Gasteiger partial charge in [0.2, 0.25) is 0 Å². The molecule has 1 aromatic heterocycles. The number of nitrogens with zero attached hydrogens (tertiary/aromatic N) is 2. The maximum Gasteiger partial charge on any atom is 0.148 e. The molecule has 1 saturated carbocycles. The van der Waals surface area contributed by atoms with E-state index in [1.54, 1.807) is 0 Å².